The summed E-state index contributed by atoms with van der Waals surface area (Å²) in [6.45, 7) is 3.13. The Morgan fingerprint density at radius 2 is 2.00 bits per heavy atom. The number of piperidine rings is 1. The van der Waals surface area contributed by atoms with E-state index in [1.165, 1.54) is 5.56 Å². The topological polar surface area (TPSA) is 36.4 Å². The third kappa shape index (κ3) is 5.27. The van der Waals surface area contributed by atoms with Gasteiger partial charge in [-0.15, -0.1) is 0 Å². The Morgan fingerprint density at radius 3 is 2.77 bits per heavy atom. The summed E-state index contributed by atoms with van der Waals surface area (Å²) in [5.41, 5.74) is 2.37. The molecule has 3 rings (SSSR count). The van der Waals surface area contributed by atoms with E-state index in [0.717, 1.165) is 44.5 Å². The van der Waals surface area contributed by atoms with Gasteiger partial charge in [-0.2, -0.15) is 0 Å². The molecule has 2 aromatic rings. The first-order valence-electron chi connectivity index (χ1n) is 9.33. The number of carbonyl (C=O) groups is 1. The van der Waals surface area contributed by atoms with E-state index in [0.29, 0.717) is 0 Å². The molecular formula is C22H27N3O. The van der Waals surface area contributed by atoms with Crippen LogP contribution in [0.3, 0.4) is 0 Å². The third-order valence-electron chi connectivity index (χ3n) is 5.06. The van der Waals surface area contributed by atoms with Gasteiger partial charge >= 0.3 is 0 Å². The molecule has 0 saturated carbocycles. The van der Waals surface area contributed by atoms with Gasteiger partial charge in [-0.25, -0.2) is 0 Å². The first-order valence-corrected chi connectivity index (χ1v) is 9.33. The summed E-state index contributed by atoms with van der Waals surface area (Å²) in [4.78, 5) is 20.9. The third-order valence-corrected chi connectivity index (χ3v) is 5.06. The summed E-state index contributed by atoms with van der Waals surface area (Å²) in [7, 11) is 1.92. The number of likely N-dealkylation sites (N-methyl/N-ethyl adjacent to an activating group) is 1. The monoisotopic (exact) mass is 349 g/mol. The maximum atomic E-state index is 12.5. The van der Waals surface area contributed by atoms with E-state index in [1.54, 1.807) is 18.5 Å². The maximum Gasteiger partial charge on any atom is 0.246 e. The van der Waals surface area contributed by atoms with E-state index in [-0.39, 0.29) is 11.9 Å². The van der Waals surface area contributed by atoms with Gasteiger partial charge in [0.05, 0.1) is 0 Å². The van der Waals surface area contributed by atoms with E-state index < -0.39 is 0 Å². The molecule has 1 aromatic heterocycles. The van der Waals surface area contributed by atoms with Crippen LogP contribution < -0.4 is 0 Å². The number of benzene rings is 1. The molecule has 1 aromatic carbocycles. The highest BCUT2D eigenvalue weighted by atomic mass is 16.2. The minimum absolute atomic E-state index is 0.0664. The van der Waals surface area contributed by atoms with Crippen LogP contribution in [-0.4, -0.2) is 53.4 Å². The number of aromatic nitrogens is 1. The number of hydrogen-bond donors (Lipinski definition) is 0. The van der Waals surface area contributed by atoms with Crippen LogP contribution in [0, 0.1) is 0 Å². The summed E-state index contributed by atoms with van der Waals surface area (Å²) in [6.07, 6.45) is 10.3. The fourth-order valence-corrected chi connectivity index (χ4v) is 3.42. The van der Waals surface area contributed by atoms with Crippen LogP contribution in [0.15, 0.2) is 60.9 Å². The average molecular weight is 349 g/mol. The number of amides is 1. The molecule has 0 N–H and O–H groups in total. The average Bonchev–Trinajstić information content (AvgIpc) is 2.71. The molecule has 4 nitrogen and oxygen atoms in total. The highest BCUT2D eigenvalue weighted by molar-refractivity contribution is 5.91. The standard InChI is InChI=1S/C22H27N3O/c1-24(22(26)10-9-20-11-14-23-15-12-20)21-8-5-16-25(18-21)17-13-19-6-3-2-4-7-19/h2-4,6-7,9-12,14-15,21H,5,8,13,16-18H2,1H3/b10-9+. The number of carbonyl (C=O) groups excluding carboxylic acids is 1. The molecule has 0 aliphatic carbocycles. The number of rotatable bonds is 6. The number of likely N-dealkylation sites (tertiary alicyclic amines) is 1. The second-order valence-electron chi connectivity index (χ2n) is 6.90. The zero-order valence-electron chi connectivity index (χ0n) is 15.4. The van der Waals surface area contributed by atoms with Crippen molar-refractivity contribution < 1.29 is 4.79 Å². The van der Waals surface area contributed by atoms with Crippen LogP contribution in [0.2, 0.25) is 0 Å². The summed E-state index contributed by atoms with van der Waals surface area (Å²) in [5.74, 6) is 0.0664. The molecule has 0 radical (unpaired) electrons. The van der Waals surface area contributed by atoms with Crippen LogP contribution in [-0.2, 0) is 11.2 Å². The molecule has 2 heterocycles. The lowest BCUT2D eigenvalue weighted by Gasteiger charge is -2.37. The minimum atomic E-state index is 0.0664. The largest absolute Gasteiger partial charge is 0.338 e. The zero-order valence-corrected chi connectivity index (χ0v) is 15.4. The van der Waals surface area contributed by atoms with E-state index >= 15 is 0 Å². The second kappa shape index (κ2) is 9.30. The number of hydrogen-bond acceptors (Lipinski definition) is 3. The zero-order chi connectivity index (χ0) is 18.2. The first-order chi connectivity index (χ1) is 12.7. The van der Waals surface area contributed by atoms with Crippen molar-refractivity contribution in [3.8, 4) is 0 Å². The quantitative estimate of drug-likeness (QED) is 0.751. The van der Waals surface area contributed by atoms with Gasteiger partial charge in [-0.05, 0) is 55.1 Å². The van der Waals surface area contributed by atoms with E-state index in [2.05, 4.69) is 40.2 Å². The van der Waals surface area contributed by atoms with Crippen molar-refractivity contribution >= 4 is 12.0 Å². The molecule has 1 atom stereocenters. The lowest BCUT2D eigenvalue weighted by atomic mass is 10.0. The van der Waals surface area contributed by atoms with Crippen molar-refractivity contribution in [2.24, 2.45) is 0 Å². The second-order valence-corrected chi connectivity index (χ2v) is 6.90. The van der Waals surface area contributed by atoms with Gasteiger partial charge < -0.3 is 9.80 Å². The van der Waals surface area contributed by atoms with E-state index in [9.17, 15) is 4.79 Å². The number of pyridine rings is 1. The lowest BCUT2D eigenvalue weighted by molar-refractivity contribution is -0.127. The van der Waals surface area contributed by atoms with Crippen LogP contribution >= 0.6 is 0 Å². The Morgan fingerprint density at radius 1 is 1.23 bits per heavy atom. The summed E-state index contributed by atoms with van der Waals surface area (Å²) < 4.78 is 0. The van der Waals surface area contributed by atoms with Crippen molar-refractivity contribution in [3.63, 3.8) is 0 Å². The van der Waals surface area contributed by atoms with Crippen molar-refractivity contribution in [1.82, 2.24) is 14.8 Å². The first kappa shape index (κ1) is 18.3. The fraction of sp³-hybridized carbons (Fsp3) is 0.364. The Kier molecular flexibility index (Phi) is 6.56. The van der Waals surface area contributed by atoms with Crippen molar-refractivity contribution in [1.29, 1.82) is 0 Å². The highest BCUT2D eigenvalue weighted by Gasteiger charge is 2.24. The predicted molar refractivity (Wildman–Crippen MR) is 106 cm³/mol. The lowest BCUT2D eigenvalue weighted by Crippen LogP contribution is -2.48. The molecule has 136 valence electrons. The molecule has 1 saturated heterocycles. The molecule has 0 spiro atoms. The van der Waals surface area contributed by atoms with Crippen LogP contribution in [0.25, 0.3) is 6.08 Å². The molecule has 1 unspecified atom stereocenters. The van der Waals surface area contributed by atoms with Gasteiger partial charge in [-0.3, -0.25) is 9.78 Å². The maximum absolute atomic E-state index is 12.5. The number of nitrogens with zero attached hydrogens (tertiary/aromatic N) is 3. The highest BCUT2D eigenvalue weighted by Crippen LogP contribution is 2.16. The Hall–Kier alpha value is -2.46. The molecule has 0 bridgehead atoms. The van der Waals surface area contributed by atoms with Gasteiger partial charge in [0.15, 0.2) is 0 Å². The van der Waals surface area contributed by atoms with Gasteiger partial charge in [0.1, 0.15) is 0 Å². The summed E-state index contributed by atoms with van der Waals surface area (Å²) in [6, 6.07) is 14.7. The smallest absolute Gasteiger partial charge is 0.246 e. The molecular weight excluding hydrogens is 322 g/mol. The molecule has 1 amide bonds. The normalized spacial score (nSPS) is 18.1. The molecule has 1 aliphatic heterocycles. The van der Waals surface area contributed by atoms with Crippen molar-refractivity contribution in [3.05, 3.63) is 72.1 Å². The SMILES string of the molecule is CN(C(=O)/C=C/c1ccncc1)C1CCCN(CCc2ccccc2)C1. The van der Waals surface area contributed by atoms with Gasteiger partial charge in [-0.1, -0.05) is 30.3 Å². The van der Waals surface area contributed by atoms with Crippen molar-refractivity contribution in [2.75, 3.05) is 26.7 Å². The predicted octanol–water partition coefficient (Wildman–Crippen LogP) is 3.26. The molecule has 1 fully saturated rings. The Balaban J connectivity index is 1.51. The Labute approximate surface area is 156 Å². The molecule has 26 heavy (non-hydrogen) atoms. The van der Waals surface area contributed by atoms with Crippen molar-refractivity contribution in [2.45, 2.75) is 25.3 Å². The van der Waals surface area contributed by atoms with Crippen LogP contribution in [0.5, 0.6) is 0 Å². The van der Waals surface area contributed by atoms with Crippen LogP contribution in [0.4, 0.5) is 0 Å². The summed E-state index contributed by atoms with van der Waals surface area (Å²) >= 11 is 0. The van der Waals surface area contributed by atoms with E-state index in [4.69, 9.17) is 0 Å². The molecule has 4 heteroatoms. The Bertz CT molecular complexity index is 715. The van der Waals surface area contributed by atoms with E-state index in [1.807, 2.05) is 30.2 Å². The minimum Gasteiger partial charge on any atom is -0.338 e. The van der Waals surface area contributed by atoms with Gasteiger partial charge in [0.25, 0.3) is 0 Å². The van der Waals surface area contributed by atoms with Gasteiger partial charge in [0, 0.05) is 44.6 Å². The fourth-order valence-electron chi connectivity index (χ4n) is 3.42. The van der Waals surface area contributed by atoms with Gasteiger partial charge in [0.2, 0.25) is 5.91 Å². The molecule has 1 aliphatic rings. The van der Waals surface area contributed by atoms with Crippen LogP contribution in [0.1, 0.15) is 24.0 Å². The summed E-state index contributed by atoms with van der Waals surface area (Å²) in [5, 5.41) is 0.